The molecule has 100 valence electrons. The van der Waals surface area contributed by atoms with Crippen LogP contribution in [0.2, 0.25) is 0 Å². The van der Waals surface area contributed by atoms with E-state index in [0.717, 1.165) is 28.0 Å². The highest BCUT2D eigenvalue weighted by Gasteiger charge is 2.04. The van der Waals surface area contributed by atoms with Crippen molar-refractivity contribution in [2.75, 3.05) is 24.7 Å². The van der Waals surface area contributed by atoms with Crippen molar-refractivity contribution >= 4 is 23.5 Å². The molecule has 0 amide bonds. The molecule has 1 aromatic heterocycles. The number of nitrogens with one attached hydrogen (secondary N) is 1. The van der Waals surface area contributed by atoms with E-state index >= 15 is 0 Å². The van der Waals surface area contributed by atoms with Gasteiger partial charge in [-0.05, 0) is 31.2 Å². The highest BCUT2D eigenvalue weighted by molar-refractivity contribution is 7.99. The molecule has 3 N–H and O–H groups in total. The number of nitrogens with two attached hydrogens (primary N) is 1. The molecule has 1 aromatic carbocycles. The quantitative estimate of drug-likeness (QED) is 0.818. The summed E-state index contributed by atoms with van der Waals surface area (Å²) in [7, 11) is 1.65. The van der Waals surface area contributed by atoms with E-state index in [1.165, 1.54) is 11.8 Å². The highest BCUT2D eigenvalue weighted by atomic mass is 32.2. The highest BCUT2D eigenvalue weighted by Crippen LogP contribution is 2.29. The van der Waals surface area contributed by atoms with Gasteiger partial charge in [-0.1, -0.05) is 11.8 Å². The first-order chi connectivity index (χ1) is 9.21. The van der Waals surface area contributed by atoms with Crippen LogP contribution in [0.4, 0.5) is 11.8 Å². The van der Waals surface area contributed by atoms with E-state index in [1.807, 2.05) is 37.3 Å². The predicted octanol–water partition coefficient (Wildman–Crippen LogP) is 2.65. The second-order valence-electron chi connectivity index (χ2n) is 3.76. The lowest BCUT2D eigenvalue weighted by atomic mass is 10.3. The van der Waals surface area contributed by atoms with Crippen LogP contribution >= 0.6 is 11.8 Å². The Bertz CT molecular complexity index is 545. The SMILES string of the molecule is CCNc1cc(Sc2ccc(OC)cc2)nc(N)n1. The van der Waals surface area contributed by atoms with Crippen LogP contribution in [0.1, 0.15) is 6.92 Å². The lowest BCUT2D eigenvalue weighted by Gasteiger charge is -2.07. The molecule has 0 unspecified atom stereocenters. The molecule has 2 rings (SSSR count). The largest absolute Gasteiger partial charge is 0.497 e. The fourth-order valence-corrected chi connectivity index (χ4v) is 2.35. The van der Waals surface area contributed by atoms with Crippen molar-refractivity contribution in [1.82, 2.24) is 9.97 Å². The summed E-state index contributed by atoms with van der Waals surface area (Å²) in [6, 6.07) is 9.67. The Hall–Kier alpha value is -1.95. The van der Waals surface area contributed by atoms with E-state index in [0.29, 0.717) is 0 Å². The van der Waals surface area contributed by atoms with Gasteiger partial charge in [-0.3, -0.25) is 0 Å². The molecule has 0 saturated carbocycles. The zero-order valence-corrected chi connectivity index (χ0v) is 11.7. The third-order valence-corrected chi connectivity index (χ3v) is 3.29. The third kappa shape index (κ3) is 3.75. The van der Waals surface area contributed by atoms with Crippen molar-refractivity contribution in [1.29, 1.82) is 0 Å². The first kappa shape index (κ1) is 13.5. The second kappa shape index (κ2) is 6.29. The Balaban J connectivity index is 2.17. The number of hydrogen-bond acceptors (Lipinski definition) is 6. The van der Waals surface area contributed by atoms with Gasteiger partial charge in [-0.2, -0.15) is 4.98 Å². The van der Waals surface area contributed by atoms with Crippen LogP contribution in [0.5, 0.6) is 5.75 Å². The Morgan fingerprint density at radius 2 is 2.00 bits per heavy atom. The molecule has 1 heterocycles. The summed E-state index contributed by atoms with van der Waals surface area (Å²) in [6.07, 6.45) is 0. The molecule has 0 fully saturated rings. The summed E-state index contributed by atoms with van der Waals surface area (Å²) in [5.74, 6) is 1.85. The lowest BCUT2D eigenvalue weighted by Crippen LogP contribution is -2.03. The summed E-state index contributed by atoms with van der Waals surface area (Å²) in [4.78, 5) is 9.40. The van der Waals surface area contributed by atoms with E-state index in [4.69, 9.17) is 10.5 Å². The third-order valence-electron chi connectivity index (χ3n) is 2.36. The van der Waals surface area contributed by atoms with Crippen LogP contribution in [-0.2, 0) is 0 Å². The van der Waals surface area contributed by atoms with E-state index in [-0.39, 0.29) is 5.95 Å². The Morgan fingerprint density at radius 1 is 1.26 bits per heavy atom. The molecular weight excluding hydrogens is 260 g/mol. The number of ether oxygens (including phenoxy) is 1. The van der Waals surface area contributed by atoms with Crippen molar-refractivity contribution in [3.8, 4) is 5.75 Å². The summed E-state index contributed by atoms with van der Waals surface area (Å²) >= 11 is 1.53. The Kier molecular flexibility index (Phi) is 4.46. The van der Waals surface area contributed by atoms with E-state index in [1.54, 1.807) is 7.11 Å². The Morgan fingerprint density at radius 3 is 2.63 bits per heavy atom. The normalized spacial score (nSPS) is 10.2. The molecule has 0 aliphatic carbocycles. The maximum Gasteiger partial charge on any atom is 0.223 e. The van der Waals surface area contributed by atoms with E-state index in [2.05, 4.69) is 15.3 Å². The average Bonchev–Trinajstić information content (AvgIpc) is 2.39. The summed E-state index contributed by atoms with van der Waals surface area (Å²) < 4.78 is 5.12. The minimum atomic E-state index is 0.273. The minimum Gasteiger partial charge on any atom is -0.497 e. The molecule has 6 heteroatoms. The zero-order chi connectivity index (χ0) is 13.7. The number of hydrogen-bond donors (Lipinski definition) is 2. The first-order valence-corrected chi connectivity index (χ1v) is 6.73. The number of nitrogen functional groups attached to an aromatic ring is 1. The fraction of sp³-hybridized carbons (Fsp3) is 0.231. The Labute approximate surface area is 116 Å². The molecule has 0 aliphatic heterocycles. The van der Waals surface area contributed by atoms with Gasteiger partial charge in [0.1, 0.15) is 16.6 Å². The molecule has 0 radical (unpaired) electrons. The number of methoxy groups -OCH3 is 1. The van der Waals surface area contributed by atoms with Crippen LogP contribution in [0, 0.1) is 0 Å². The molecule has 0 spiro atoms. The van der Waals surface area contributed by atoms with Crippen LogP contribution < -0.4 is 15.8 Å². The van der Waals surface area contributed by atoms with Gasteiger partial charge in [0.2, 0.25) is 5.95 Å². The smallest absolute Gasteiger partial charge is 0.223 e. The summed E-state index contributed by atoms with van der Waals surface area (Å²) in [5, 5.41) is 3.94. The molecular formula is C13H16N4OS. The van der Waals surface area contributed by atoms with Gasteiger partial charge in [0.25, 0.3) is 0 Å². The monoisotopic (exact) mass is 276 g/mol. The first-order valence-electron chi connectivity index (χ1n) is 5.91. The number of benzene rings is 1. The summed E-state index contributed by atoms with van der Waals surface area (Å²) in [5.41, 5.74) is 5.69. The van der Waals surface area contributed by atoms with Crippen molar-refractivity contribution in [2.24, 2.45) is 0 Å². The van der Waals surface area contributed by atoms with Crippen molar-refractivity contribution in [3.63, 3.8) is 0 Å². The van der Waals surface area contributed by atoms with Gasteiger partial charge in [-0.25, -0.2) is 4.98 Å². The van der Waals surface area contributed by atoms with Gasteiger partial charge in [-0.15, -0.1) is 0 Å². The number of aromatic nitrogens is 2. The number of nitrogens with zero attached hydrogens (tertiary/aromatic N) is 2. The maximum atomic E-state index is 5.69. The van der Waals surface area contributed by atoms with Crippen molar-refractivity contribution < 1.29 is 4.74 Å². The molecule has 0 atom stereocenters. The van der Waals surface area contributed by atoms with Crippen LogP contribution in [0.15, 0.2) is 40.3 Å². The van der Waals surface area contributed by atoms with Gasteiger partial charge >= 0.3 is 0 Å². The topological polar surface area (TPSA) is 73.1 Å². The van der Waals surface area contributed by atoms with E-state index in [9.17, 15) is 0 Å². The molecule has 5 nitrogen and oxygen atoms in total. The fourth-order valence-electron chi connectivity index (χ4n) is 1.53. The van der Waals surface area contributed by atoms with Crippen molar-refractivity contribution in [2.45, 2.75) is 16.8 Å². The van der Waals surface area contributed by atoms with Crippen LogP contribution in [0.25, 0.3) is 0 Å². The van der Waals surface area contributed by atoms with Gasteiger partial charge in [0.05, 0.1) is 7.11 Å². The van der Waals surface area contributed by atoms with E-state index < -0.39 is 0 Å². The molecule has 0 aliphatic rings. The minimum absolute atomic E-state index is 0.273. The molecule has 0 bridgehead atoms. The standard InChI is InChI=1S/C13H16N4OS/c1-3-15-11-8-12(17-13(14)16-11)19-10-6-4-9(18-2)5-7-10/h4-8H,3H2,1-2H3,(H3,14,15,16,17). The number of rotatable bonds is 5. The van der Waals surface area contributed by atoms with Gasteiger partial charge in [0, 0.05) is 17.5 Å². The predicted molar refractivity (Wildman–Crippen MR) is 77.7 cm³/mol. The van der Waals surface area contributed by atoms with Gasteiger partial charge < -0.3 is 15.8 Å². The zero-order valence-electron chi connectivity index (χ0n) is 10.9. The lowest BCUT2D eigenvalue weighted by molar-refractivity contribution is 0.414. The molecule has 19 heavy (non-hydrogen) atoms. The second-order valence-corrected chi connectivity index (χ2v) is 4.85. The number of anilines is 2. The van der Waals surface area contributed by atoms with Crippen LogP contribution in [0.3, 0.4) is 0 Å². The van der Waals surface area contributed by atoms with Crippen molar-refractivity contribution in [3.05, 3.63) is 30.3 Å². The maximum absolute atomic E-state index is 5.69. The van der Waals surface area contributed by atoms with Gasteiger partial charge in [0.15, 0.2) is 0 Å². The average molecular weight is 276 g/mol. The van der Waals surface area contributed by atoms with Crippen LogP contribution in [-0.4, -0.2) is 23.6 Å². The molecule has 2 aromatic rings. The molecule has 0 saturated heterocycles. The summed E-state index contributed by atoms with van der Waals surface area (Å²) in [6.45, 7) is 2.80.